The van der Waals surface area contributed by atoms with Crippen LogP contribution in [0.4, 0.5) is 5.13 Å². The summed E-state index contributed by atoms with van der Waals surface area (Å²) in [5.41, 5.74) is 2.97. The Kier molecular flexibility index (Phi) is 8.11. The second-order valence-electron chi connectivity index (χ2n) is 8.96. The van der Waals surface area contributed by atoms with Crippen LogP contribution in [0.15, 0.2) is 73.3 Å². The Balaban J connectivity index is 1.85. The molecule has 1 saturated heterocycles. The van der Waals surface area contributed by atoms with Crippen LogP contribution >= 0.6 is 11.3 Å². The third-order valence-corrected chi connectivity index (χ3v) is 7.29. The molecule has 2 heterocycles. The van der Waals surface area contributed by atoms with Crippen molar-refractivity contribution >= 4 is 39.9 Å². The molecule has 9 heteroatoms. The molecule has 3 aromatic rings. The average molecular weight is 545 g/mol. The van der Waals surface area contributed by atoms with Crippen LogP contribution in [0, 0.1) is 20.8 Å². The van der Waals surface area contributed by atoms with E-state index in [9.17, 15) is 19.5 Å². The Hall–Kier alpha value is -4.50. The molecule has 0 saturated carbocycles. The van der Waals surface area contributed by atoms with Gasteiger partial charge in [0.2, 0.25) is 0 Å². The van der Waals surface area contributed by atoms with Crippen LogP contribution in [0.2, 0.25) is 0 Å². The second-order valence-corrected chi connectivity index (χ2v) is 9.94. The molecule has 1 amide bonds. The standard InChI is InChI=1S/C30H28N2O6S/c1-6-14-37-22-13-12-21(16-18(22)4)25(33)23-24(20-10-8-17(3)9-11-20)32(28(35)26(23)34)30-31-19(5)27(39-30)29(36)38-15-7-2/h6-13,16,24,33H,1-2,14-15H2,3-5H3/t24-/m1/s1. The zero-order valence-electron chi connectivity index (χ0n) is 21.9. The molecular weight excluding hydrogens is 516 g/mol. The molecular formula is C30H28N2O6S. The SMILES string of the molecule is C=CCOC(=O)c1sc(N2C(=O)C(=O)C(=C(O)c3ccc(OCC=C)c(C)c3)[C@H]2c2ccc(C)cc2)nc1C. The van der Waals surface area contributed by atoms with E-state index in [1.807, 2.05) is 26.0 Å². The number of nitrogens with zero attached hydrogens (tertiary/aromatic N) is 2. The topological polar surface area (TPSA) is 106 Å². The van der Waals surface area contributed by atoms with E-state index in [-0.39, 0.29) is 27.9 Å². The third-order valence-electron chi connectivity index (χ3n) is 6.15. The molecule has 1 aromatic heterocycles. The van der Waals surface area contributed by atoms with Gasteiger partial charge >= 0.3 is 11.9 Å². The van der Waals surface area contributed by atoms with E-state index in [4.69, 9.17) is 9.47 Å². The van der Waals surface area contributed by atoms with Gasteiger partial charge in [0.25, 0.3) is 5.78 Å². The van der Waals surface area contributed by atoms with Crippen molar-refractivity contribution in [3.8, 4) is 5.75 Å². The van der Waals surface area contributed by atoms with Crippen LogP contribution in [0.25, 0.3) is 5.76 Å². The minimum absolute atomic E-state index is 0.0240. The number of carbonyl (C=O) groups excluding carboxylic acids is 3. The number of carbonyl (C=O) groups is 3. The largest absolute Gasteiger partial charge is 0.507 e. The molecule has 200 valence electrons. The summed E-state index contributed by atoms with van der Waals surface area (Å²) in [4.78, 5) is 45.3. The number of hydrogen-bond donors (Lipinski definition) is 1. The highest BCUT2D eigenvalue weighted by Crippen LogP contribution is 2.44. The van der Waals surface area contributed by atoms with E-state index in [1.165, 1.54) is 11.0 Å². The van der Waals surface area contributed by atoms with Gasteiger partial charge in [0.15, 0.2) is 5.13 Å². The fourth-order valence-electron chi connectivity index (χ4n) is 4.23. The van der Waals surface area contributed by atoms with Crippen molar-refractivity contribution in [1.29, 1.82) is 0 Å². The number of aliphatic hydroxyl groups excluding tert-OH is 1. The predicted molar refractivity (Wildman–Crippen MR) is 150 cm³/mol. The zero-order valence-corrected chi connectivity index (χ0v) is 22.7. The summed E-state index contributed by atoms with van der Waals surface area (Å²) in [6.45, 7) is 12.9. The molecule has 0 spiro atoms. The van der Waals surface area contributed by atoms with Crippen molar-refractivity contribution in [2.45, 2.75) is 26.8 Å². The summed E-state index contributed by atoms with van der Waals surface area (Å²) >= 11 is 0.948. The molecule has 2 aromatic carbocycles. The van der Waals surface area contributed by atoms with Crippen LogP contribution < -0.4 is 9.64 Å². The lowest BCUT2D eigenvalue weighted by atomic mass is 9.94. The molecule has 1 aliphatic rings. The van der Waals surface area contributed by atoms with Gasteiger partial charge in [0, 0.05) is 5.56 Å². The molecule has 0 radical (unpaired) electrons. The van der Waals surface area contributed by atoms with E-state index in [2.05, 4.69) is 18.1 Å². The van der Waals surface area contributed by atoms with E-state index < -0.39 is 23.7 Å². The molecule has 4 rings (SSSR count). The number of hydrogen-bond acceptors (Lipinski definition) is 8. The van der Waals surface area contributed by atoms with E-state index in [0.29, 0.717) is 29.2 Å². The quantitative estimate of drug-likeness (QED) is 0.123. The molecule has 0 aliphatic carbocycles. The van der Waals surface area contributed by atoms with Gasteiger partial charge in [-0.25, -0.2) is 9.78 Å². The van der Waals surface area contributed by atoms with Gasteiger partial charge in [0.1, 0.15) is 29.6 Å². The summed E-state index contributed by atoms with van der Waals surface area (Å²) in [7, 11) is 0. The zero-order chi connectivity index (χ0) is 28.3. The minimum atomic E-state index is -0.967. The molecule has 1 N–H and O–H groups in total. The van der Waals surface area contributed by atoms with Crippen molar-refractivity contribution in [2.24, 2.45) is 0 Å². The summed E-state index contributed by atoms with van der Waals surface area (Å²) in [5, 5.41) is 11.6. The monoisotopic (exact) mass is 544 g/mol. The summed E-state index contributed by atoms with van der Waals surface area (Å²) in [6.07, 6.45) is 3.08. The fraction of sp³-hybridized carbons (Fsp3) is 0.200. The Bertz CT molecular complexity index is 1500. The Morgan fingerprint density at radius 2 is 1.77 bits per heavy atom. The number of aromatic nitrogens is 1. The molecule has 1 atom stereocenters. The summed E-state index contributed by atoms with van der Waals surface area (Å²) in [6, 6.07) is 11.3. The first kappa shape index (κ1) is 27.5. The first-order chi connectivity index (χ1) is 18.7. The highest BCUT2D eigenvalue weighted by molar-refractivity contribution is 7.17. The smallest absolute Gasteiger partial charge is 0.350 e. The number of benzene rings is 2. The number of aryl methyl sites for hydroxylation is 3. The van der Waals surface area contributed by atoms with Gasteiger partial charge in [-0.2, -0.15) is 0 Å². The molecule has 39 heavy (non-hydrogen) atoms. The number of thiazole rings is 1. The number of rotatable bonds is 9. The first-order valence-corrected chi connectivity index (χ1v) is 13.0. The van der Waals surface area contributed by atoms with Crippen LogP contribution in [0.5, 0.6) is 5.75 Å². The fourth-order valence-corrected chi connectivity index (χ4v) is 5.22. The predicted octanol–water partition coefficient (Wildman–Crippen LogP) is 5.60. The van der Waals surface area contributed by atoms with E-state index in [0.717, 1.165) is 22.5 Å². The van der Waals surface area contributed by atoms with Crippen molar-refractivity contribution < 1.29 is 29.0 Å². The molecule has 0 bridgehead atoms. The molecule has 0 unspecified atom stereocenters. The number of amides is 1. The lowest BCUT2D eigenvalue weighted by Gasteiger charge is -2.23. The number of Topliss-reactive ketones (excluding diaryl/α,β-unsaturated/α-hetero) is 1. The van der Waals surface area contributed by atoms with Gasteiger partial charge in [-0.15, -0.1) is 0 Å². The Morgan fingerprint density at radius 3 is 2.41 bits per heavy atom. The minimum Gasteiger partial charge on any atom is -0.507 e. The average Bonchev–Trinajstić information content (AvgIpc) is 3.43. The van der Waals surface area contributed by atoms with Crippen LogP contribution in [0.3, 0.4) is 0 Å². The number of ketones is 1. The summed E-state index contributed by atoms with van der Waals surface area (Å²) < 4.78 is 10.8. The Morgan fingerprint density at radius 1 is 1.08 bits per heavy atom. The van der Waals surface area contributed by atoms with E-state index >= 15 is 0 Å². The van der Waals surface area contributed by atoms with Crippen molar-refractivity contribution in [3.63, 3.8) is 0 Å². The lowest BCUT2D eigenvalue weighted by Crippen LogP contribution is -2.29. The highest BCUT2D eigenvalue weighted by atomic mass is 32.1. The van der Waals surface area contributed by atoms with Gasteiger partial charge in [0.05, 0.1) is 17.3 Å². The van der Waals surface area contributed by atoms with Crippen molar-refractivity contribution in [1.82, 2.24) is 4.98 Å². The van der Waals surface area contributed by atoms with Gasteiger partial charge in [-0.05, 0) is 50.1 Å². The van der Waals surface area contributed by atoms with Crippen LogP contribution in [-0.2, 0) is 14.3 Å². The maximum Gasteiger partial charge on any atom is 0.350 e. The number of ether oxygens (including phenoxy) is 2. The van der Waals surface area contributed by atoms with Crippen molar-refractivity contribution in [3.05, 3.63) is 106 Å². The number of anilines is 1. The Labute approximate surface area is 230 Å². The lowest BCUT2D eigenvalue weighted by molar-refractivity contribution is -0.132. The van der Waals surface area contributed by atoms with E-state index in [1.54, 1.807) is 43.3 Å². The van der Waals surface area contributed by atoms with Gasteiger partial charge in [-0.1, -0.05) is 66.5 Å². The molecule has 1 aliphatic heterocycles. The van der Waals surface area contributed by atoms with Crippen LogP contribution in [0.1, 0.15) is 43.7 Å². The summed E-state index contributed by atoms with van der Waals surface area (Å²) in [5.74, 6) is -2.03. The van der Waals surface area contributed by atoms with Crippen molar-refractivity contribution in [2.75, 3.05) is 18.1 Å². The van der Waals surface area contributed by atoms with Crippen LogP contribution in [-0.4, -0.2) is 41.0 Å². The number of aliphatic hydroxyl groups is 1. The maximum atomic E-state index is 13.4. The van der Waals surface area contributed by atoms with Gasteiger partial charge in [-0.3, -0.25) is 14.5 Å². The maximum absolute atomic E-state index is 13.4. The van der Waals surface area contributed by atoms with Gasteiger partial charge < -0.3 is 14.6 Å². The number of esters is 1. The molecule has 1 fully saturated rings. The second kappa shape index (κ2) is 11.5. The first-order valence-electron chi connectivity index (χ1n) is 12.2. The highest BCUT2D eigenvalue weighted by Gasteiger charge is 2.48. The third kappa shape index (κ3) is 5.39. The molecule has 8 nitrogen and oxygen atoms in total. The normalized spacial score (nSPS) is 16.3.